The van der Waals surface area contributed by atoms with E-state index in [0.717, 1.165) is 12.1 Å². The van der Waals surface area contributed by atoms with Crippen LogP contribution < -0.4 is 0 Å². The van der Waals surface area contributed by atoms with Gasteiger partial charge in [-0.25, -0.2) is 0 Å². The van der Waals surface area contributed by atoms with Crippen LogP contribution in [0, 0.1) is 30.1 Å². The van der Waals surface area contributed by atoms with Crippen LogP contribution in [0.25, 0.3) is 0 Å². The van der Waals surface area contributed by atoms with Gasteiger partial charge in [0.25, 0.3) is 0 Å². The summed E-state index contributed by atoms with van der Waals surface area (Å²) in [7, 11) is 0. The van der Waals surface area contributed by atoms with Crippen molar-refractivity contribution < 1.29 is 13.2 Å². The van der Waals surface area contributed by atoms with Gasteiger partial charge in [-0.1, -0.05) is 12.0 Å². The van der Waals surface area contributed by atoms with Gasteiger partial charge < -0.3 is 0 Å². The maximum Gasteiger partial charge on any atom is 0.416 e. The van der Waals surface area contributed by atoms with Gasteiger partial charge in [-0.05, 0) is 24.6 Å². The molecular formula is C11H6F3N. The van der Waals surface area contributed by atoms with E-state index in [1.807, 2.05) is 0 Å². The van der Waals surface area contributed by atoms with E-state index in [-0.39, 0.29) is 5.56 Å². The summed E-state index contributed by atoms with van der Waals surface area (Å²) in [5, 5.41) is 8.20. The Balaban J connectivity index is 3.24. The molecule has 0 aliphatic carbocycles. The second-order valence-electron chi connectivity index (χ2n) is 2.89. The number of halogens is 3. The van der Waals surface area contributed by atoms with Crippen LogP contribution in [0.2, 0.25) is 0 Å². The van der Waals surface area contributed by atoms with Crippen LogP contribution in [-0.2, 0) is 6.18 Å². The van der Waals surface area contributed by atoms with Gasteiger partial charge in [0, 0.05) is 11.5 Å². The summed E-state index contributed by atoms with van der Waals surface area (Å²) in [6, 6.07) is 4.83. The molecule has 0 N–H and O–H groups in total. The second kappa shape index (κ2) is 4.06. The first-order valence-corrected chi connectivity index (χ1v) is 4.03. The summed E-state index contributed by atoms with van der Waals surface area (Å²) in [5.41, 5.74) is 0.0902. The maximum atomic E-state index is 12.3. The molecule has 76 valence electrons. The third-order valence-electron chi connectivity index (χ3n) is 1.82. The minimum Gasteiger partial charge on any atom is -0.183 e. The van der Waals surface area contributed by atoms with Gasteiger partial charge in [0.05, 0.1) is 5.56 Å². The zero-order valence-electron chi connectivity index (χ0n) is 7.81. The maximum absolute atomic E-state index is 12.3. The molecule has 1 aromatic rings. The van der Waals surface area contributed by atoms with E-state index in [9.17, 15) is 13.2 Å². The molecule has 0 heterocycles. The minimum absolute atomic E-state index is 0.228. The first kappa shape index (κ1) is 11.1. The fraction of sp³-hybridized carbons (Fsp3) is 0.182. The summed E-state index contributed by atoms with van der Waals surface area (Å²) >= 11 is 0. The zero-order valence-corrected chi connectivity index (χ0v) is 7.81. The van der Waals surface area contributed by atoms with Crippen LogP contribution in [0.5, 0.6) is 0 Å². The van der Waals surface area contributed by atoms with E-state index in [0.29, 0.717) is 5.56 Å². The van der Waals surface area contributed by atoms with E-state index < -0.39 is 11.7 Å². The van der Waals surface area contributed by atoms with E-state index in [2.05, 4.69) is 11.8 Å². The molecule has 0 amide bonds. The van der Waals surface area contributed by atoms with Crippen molar-refractivity contribution in [3.63, 3.8) is 0 Å². The van der Waals surface area contributed by atoms with Crippen LogP contribution in [0.3, 0.4) is 0 Å². The fourth-order valence-corrected chi connectivity index (χ4v) is 1.03. The minimum atomic E-state index is -4.38. The van der Waals surface area contributed by atoms with Crippen molar-refractivity contribution in [1.29, 1.82) is 5.26 Å². The highest BCUT2D eigenvalue weighted by Crippen LogP contribution is 2.30. The number of hydrogen-bond donors (Lipinski definition) is 0. The largest absolute Gasteiger partial charge is 0.416 e. The molecule has 0 aliphatic rings. The summed E-state index contributed by atoms with van der Waals surface area (Å²) in [5.74, 6) is 4.44. The van der Waals surface area contributed by atoms with E-state index >= 15 is 0 Å². The van der Waals surface area contributed by atoms with Gasteiger partial charge in [0.15, 0.2) is 6.07 Å². The molecule has 0 atom stereocenters. The summed E-state index contributed by atoms with van der Waals surface area (Å²) in [4.78, 5) is 0. The smallest absolute Gasteiger partial charge is 0.183 e. The SMILES string of the molecule is Cc1ccc(C(F)(F)F)cc1C#CC#N. The van der Waals surface area contributed by atoms with Crippen LogP contribution >= 0.6 is 0 Å². The highest BCUT2D eigenvalue weighted by atomic mass is 19.4. The summed E-state index contributed by atoms with van der Waals surface area (Å²) in [6.07, 6.45) is -4.38. The number of rotatable bonds is 0. The molecule has 0 spiro atoms. The molecule has 1 rings (SSSR count). The molecule has 15 heavy (non-hydrogen) atoms. The average Bonchev–Trinajstić information content (AvgIpc) is 2.15. The number of alkyl halides is 3. The standard InChI is InChI=1S/C11H6F3N/c1-8-4-5-10(11(12,13)14)7-9(8)3-2-6-15/h4-5,7H,1H3. The van der Waals surface area contributed by atoms with Crippen LogP contribution in [0.15, 0.2) is 18.2 Å². The Labute approximate surface area is 85.1 Å². The first-order valence-electron chi connectivity index (χ1n) is 4.03. The van der Waals surface area contributed by atoms with E-state index in [4.69, 9.17) is 5.26 Å². The van der Waals surface area contributed by atoms with Gasteiger partial charge in [0.1, 0.15) is 0 Å². The first-order chi connectivity index (χ1) is 6.95. The topological polar surface area (TPSA) is 23.8 Å². The van der Waals surface area contributed by atoms with Crippen molar-refractivity contribution in [2.24, 2.45) is 0 Å². The van der Waals surface area contributed by atoms with Gasteiger partial charge >= 0.3 is 6.18 Å². The molecule has 1 aromatic carbocycles. The number of nitriles is 1. The summed E-state index contributed by atoms with van der Waals surface area (Å²) in [6.45, 7) is 1.64. The van der Waals surface area contributed by atoms with Gasteiger partial charge in [-0.2, -0.15) is 18.4 Å². The molecule has 0 aromatic heterocycles. The van der Waals surface area contributed by atoms with Crippen molar-refractivity contribution in [1.82, 2.24) is 0 Å². The predicted molar refractivity (Wildman–Crippen MR) is 48.7 cm³/mol. The van der Waals surface area contributed by atoms with Crippen LogP contribution in [0.4, 0.5) is 13.2 Å². The van der Waals surface area contributed by atoms with Crippen LogP contribution in [-0.4, -0.2) is 0 Å². The molecule has 0 fully saturated rings. The summed E-state index contributed by atoms with van der Waals surface area (Å²) < 4.78 is 36.9. The Bertz CT molecular complexity index is 469. The van der Waals surface area contributed by atoms with E-state index in [1.54, 1.807) is 13.0 Å². The lowest BCUT2D eigenvalue weighted by Gasteiger charge is -2.07. The third kappa shape index (κ3) is 2.75. The number of aryl methyl sites for hydroxylation is 1. The fourth-order valence-electron chi connectivity index (χ4n) is 1.03. The molecule has 1 nitrogen and oxygen atoms in total. The number of nitrogens with zero attached hydrogens (tertiary/aromatic N) is 1. The molecule has 0 bridgehead atoms. The Morgan fingerprint density at radius 1 is 1.27 bits per heavy atom. The Hall–Kier alpha value is -1.94. The van der Waals surface area contributed by atoms with Crippen molar-refractivity contribution in [3.05, 3.63) is 34.9 Å². The third-order valence-corrected chi connectivity index (χ3v) is 1.82. The molecular weight excluding hydrogens is 203 g/mol. The Kier molecular flexibility index (Phi) is 3.01. The normalized spacial score (nSPS) is 10.1. The monoisotopic (exact) mass is 209 g/mol. The lowest BCUT2D eigenvalue weighted by Crippen LogP contribution is -2.05. The second-order valence-corrected chi connectivity index (χ2v) is 2.89. The molecule has 0 aliphatic heterocycles. The van der Waals surface area contributed by atoms with Crippen molar-refractivity contribution in [3.8, 4) is 17.9 Å². The Morgan fingerprint density at radius 3 is 2.47 bits per heavy atom. The van der Waals surface area contributed by atoms with Crippen molar-refractivity contribution in [2.45, 2.75) is 13.1 Å². The molecule has 4 heteroatoms. The zero-order chi connectivity index (χ0) is 11.5. The molecule has 0 saturated carbocycles. The Morgan fingerprint density at radius 2 is 1.93 bits per heavy atom. The molecule has 0 unspecified atom stereocenters. The number of benzene rings is 1. The lowest BCUT2D eigenvalue weighted by molar-refractivity contribution is -0.137. The predicted octanol–water partition coefficient (Wildman–Crippen LogP) is 2.89. The number of hydrogen-bond acceptors (Lipinski definition) is 1. The van der Waals surface area contributed by atoms with Crippen LogP contribution in [0.1, 0.15) is 16.7 Å². The molecule has 0 saturated heterocycles. The van der Waals surface area contributed by atoms with Crippen molar-refractivity contribution >= 4 is 0 Å². The van der Waals surface area contributed by atoms with Crippen molar-refractivity contribution in [2.75, 3.05) is 0 Å². The highest BCUT2D eigenvalue weighted by Gasteiger charge is 2.30. The van der Waals surface area contributed by atoms with Gasteiger partial charge in [0.2, 0.25) is 0 Å². The van der Waals surface area contributed by atoms with E-state index in [1.165, 1.54) is 6.07 Å². The lowest BCUT2D eigenvalue weighted by atomic mass is 10.1. The van der Waals surface area contributed by atoms with Gasteiger partial charge in [-0.3, -0.25) is 0 Å². The van der Waals surface area contributed by atoms with Gasteiger partial charge in [-0.15, -0.1) is 0 Å². The highest BCUT2D eigenvalue weighted by molar-refractivity contribution is 5.45. The molecule has 0 radical (unpaired) electrons. The average molecular weight is 209 g/mol. The quantitative estimate of drug-likeness (QED) is 0.602.